The lowest BCUT2D eigenvalue weighted by Crippen LogP contribution is -2.25. The highest BCUT2D eigenvalue weighted by atomic mass is 79.9. The normalized spacial score (nSPS) is 12.7. The first-order valence-corrected chi connectivity index (χ1v) is 6.97. The summed E-state index contributed by atoms with van der Waals surface area (Å²) in [5.74, 6) is 0. The van der Waals surface area contributed by atoms with Gasteiger partial charge in [-0.25, -0.2) is 4.68 Å². The second kappa shape index (κ2) is 4.76. The Labute approximate surface area is 123 Å². The molecule has 1 unspecified atom stereocenters. The number of H-pyrrole nitrogens is 1. The van der Waals surface area contributed by atoms with Crippen molar-refractivity contribution in [2.24, 2.45) is 0 Å². The molecule has 0 saturated heterocycles. The van der Waals surface area contributed by atoms with Crippen LogP contribution in [0, 0.1) is 11.3 Å². The zero-order valence-corrected chi connectivity index (χ0v) is 12.3. The smallest absolute Gasteiger partial charge is 0.291 e. The number of benzene rings is 1. The number of rotatable bonds is 2. The molecule has 1 aromatic carbocycles. The molecule has 2 heterocycles. The Kier molecular flexibility index (Phi) is 3.07. The van der Waals surface area contributed by atoms with Crippen molar-refractivity contribution in [3.63, 3.8) is 0 Å². The summed E-state index contributed by atoms with van der Waals surface area (Å²) in [6.45, 7) is 1.81. The first kappa shape index (κ1) is 12.9. The number of aromatic nitrogens is 3. The van der Waals surface area contributed by atoms with Crippen molar-refractivity contribution in [1.29, 1.82) is 5.26 Å². The molecular weight excluding hydrogens is 320 g/mol. The maximum atomic E-state index is 12.5. The molecule has 3 aromatic rings. The van der Waals surface area contributed by atoms with E-state index in [4.69, 9.17) is 5.26 Å². The number of aromatic amines is 1. The molecule has 0 aliphatic heterocycles. The molecule has 0 amide bonds. The molecular formula is C14H11BrN4O. The lowest BCUT2D eigenvalue weighted by atomic mass is 10.2. The molecule has 6 heteroatoms. The van der Waals surface area contributed by atoms with Crippen LogP contribution in [0.2, 0.25) is 0 Å². The van der Waals surface area contributed by atoms with Gasteiger partial charge < -0.3 is 4.98 Å². The number of nitrogens with zero attached hydrogens (tertiary/aromatic N) is 3. The van der Waals surface area contributed by atoms with Gasteiger partial charge in [0.05, 0.1) is 24.7 Å². The fraction of sp³-hybridized carbons (Fsp3) is 0.214. The van der Waals surface area contributed by atoms with Gasteiger partial charge in [0.1, 0.15) is 5.52 Å². The summed E-state index contributed by atoms with van der Waals surface area (Å²) in [6.07, 6.45) is 1.93. The van der Waals surface area contributed by atoms with E-state index in [2.05, 4.69) is 32.1 Å². The maximum Gasteiger partial charge on any atom is 0.291 e. The van der Waals surface area contributed by atoms with Crippen LogP contribution in [-0.2, 0) is 0 Å². The summed E-state index contributed by atoms with van der Waals surface area (Å²) in [5.41, 5.74) is 1.21. The molecule has 20 heavy (non-hydrogen) atoms. The summed E-state index contributed by atoms with van der Waals surface area (Å²) in [4.78, 5) is 15.6. The molecule has 0 aliphatic carbocycles. The van der Waals surface area contributed by atoms with Gasteiger partial charge in [-0.1, -0.05) is 22.0 Å². The standard InChI is InChI=1S/C14H11BrN4O/c1-8(5-6-16)19-14(20)13-9(7-17-19)12-10(15)3-2-4-11(12)18-13/h2-4,7-8,18H,5H2,1H3. The Morgan fingerprint density at radius 2 is 2.35 bits per heavy atom. The average Bonchev–Trinajstić information content (AvgIpc) is 2.80. The molecule has 100 valence electrons. The third kappa shape index (κ3) is 1.82. The summed E-state index contributed by atoms with van der Waals surface area (Å²) in [5, 5.41) is 14.7. The lowest BCUT2D eigenvalue weighted by molar-refractivity contribution is 0.478. The SMILES string of the molecule is CC(CC#N)n1ncc2c([nH]c3cccc(Br)c32)c1=O. The number of nitriles is 1. The summed E-state index contributed by atoms with van der Waals surface area (Å²) >= 11 is 3.49. The highest BCUT2D eigenvalue weighted by molar-refractivity contribution is 9.10. The third-order valence-electron chi connectivity index (χ3n) is 3.35. The summed E-state index contributed by atoms with van der Waals surface area (Å²) in [6, 6.07) is 7.57. The predicted octanol–water partition coefficient (Wildman–Crippen LogP) is 3.11. The monoisotopic (exact) mass is 330 g/mol. The van der Waals surface area contributed by atoms with Crippen molar-refractivity contribution in [3.8, 4) is 6.07 Å². The highest BCUT2D eigenvalue weighted by Gasteiger charge is 2.15. The predicted molar refractivity (Wildman–Crippen MR) is 80.5 cm³/mol. The van der Waals surface area contributed by atoms with Gasteiger partial charge in [0, 0.05) is 20.8 Å². The van der Waals surface area contributed by atoms with Gasteiger partial charge in [-0.2, -0.15) is 10.4 Å². The van der Waals surface area contributed by atoms with E-state index in [1.807, 2.05) is 25.1 Å². The zero-order chi connectivity index (χ0) is 14.3. The fourth-order valence-corrected chi connectivity index (χ4v) is 2.93. The number of fused-ring (bicyclic) bond motifs is 3. The average molecular weight is 331 g/mol. The minimum Gasteiger partial charge on any atom is -0.350 e. The summed E-state index contributed by atoms with van der Waals surface area (Å²) in [7, 11) is 0. The zero-order valence-electron chi connectivity index (χ0n) is 10.7. The van der Waals surface area contributed by atoms with E-state index in [-0.39, 0.29) is 18.0 Å². The van der Waals surface area contributed by atoms with Crippen molar-refractivity contribution < 1.29 is 0 Å². The van der Waals surface area contributed by atoms with Gasteiger partial charge in [-0.05, 0) is 19.1 Å². The molecule has 1 atom stereocenters. The number of nitrogens with one attached hydrogen (secondary N) is 1. The van der Waals surface area contributed by atoms with Crippen LogP contribution in [-0.4, -0.2) is 14.8 Å². The van der Waals surface area contributed by atoms with E-state index in [0.29, 0.717) is 5.52 Å². The van der Waals surface area contributed by atoms with E-state index in [1.165, 1.54) is 4.68 Å². The van der Waals surface area contributed by atoms with Crippen LogP contribution in [0.25, 0.3) is 21.8 Å². The van der Waals surface area contributed by atoms with Crippen molar-refractivity contribution >= 4 is 37.7 Å². The van der Waals surface area contributed by atoms with Gasteiger partial charge in [0.2, 0.25) is 0 Å². The van der Waals surface area contributed by atoms with E-state index in [9.17, 15) is 4.79 Å². The lowest BCUT2D eigenvalue weighted by Gasteiger charge is -2.09. The van der Waals surface area contributed by atoms with Gasteiger partial charge in [-0.15, -0.1) is 0 Å². The van der Waals surface area contributed by atoms with Gasteiger partial charge in [0.15, 0.2) is 0 Å². The Morgan fingerprint density at radius 3 is 3.10 bits per heavy atom. The molecule has 0 fully saturated rings. The van der Waals surface area contributed by atoms with E-state index >= 15 is 0 Å². The van der Waals surface area contributed by atoms with Crippen LogP contribution in [0.5, 0.6) is 0 Å². The van der Waals surface area contributed by atoms with Crippen LogP contribution in [0.15, 0.2) is 33.7 Å². The van der Waals surface area contributed by atoms with E-state index < -0.39 is 0 Å². The molecule has 1 N–H and O–H groups in total. The van der Waals surface area contributed by atoms with Crippen LogP contribution in [0.1, 0.15) is 19.4 Å². The first-order chi connectivity index (χ1) is 9.63. The van der Waals surface area contributed by atoms with E-state index in [0.717, 1.165) is 20.8 Å². The maximum absolute atomic E-state index is 12.5. The van der Waals surface area contributed by atoms with Crippen LogP contribution in [0.4, 0.5) is 0 Å². The molecule has 3 rings (SSSR count). The van der Waals surface area contributed by atoms with Gasteiger partial charge in [-0.3, -0.25) is 4.79 Å². The quantitative estimate of drug-likeness (QED) is 0.784. The van der Waals surface area contributed by atoms with Crippen molar-refractivity contribution in [3.05, 3.63) is 39.2 Å². The Bertz CT molecular complexity index is 903. The Balaban J connectivity index is 2.35. The molecule has 0 radical (unpaired) electrons. The summed E-state index contributed by atoms with van der Waals surface area (Å²) < 4.78 is 2.28. The van der Waals surface area contributed by atoms with Crippen LogP contribution in [0.3, 0.4) is 0 Å². The number of hydrogen-bond acceptors (Lipinski definition) is 3. The minimum atomic E-state index is -0.244. The van der Waals surface area contributed by atoms with Crippen molar-refractivity contribution in [2.45, 2.75) is 19.4 Å². The van der Waals surface area contributed by atoms with E-state index in [1.54, 1.807) is 6.20 Å². The van der Waals surface area contributed by atoms with Gasteiger partial charge >= 0.3 is 0 Å². The molecule has 2 aromatic heterocycles. The minimum absolute atomic E-state index is 0.201. The van der Waals surface area contributed by atoms with Crippen LogP contribution >= 0.6 is 15.9 Å². The third-order valence-corrected chi connectivity index (χ3v) is 4.01. The van der Waals surface area contributed by atoms with Crippen LogP contribution < -0.4 is 5.56 Å². The largest absolute Gasteiger partial charge is 0.350 e. The highest BCUT2D eigenvalue weighted by Crippen LogP contribution is 2.29. The first-order valence-electron chi connectivity index (χ1n) is 6.18. The number of halogens is 1. The topological polar surface area (TPSA) is 74.5 Å². The second-order valence-corrected chi connectivity index (χ2v) is 5.54. The second-order valence-electron chi connectivity index (χ2n) is 4.68. The van der Waals surface area contributed by atoms with Crippen molar-refractivity contribution in [2.75, 3.05) is 0 Å². The van der Waals surface area contributed by atoms with Crippen molar-refractivity contribution in [1.82, 2.24) is 14.8 Å². The Morgan fingerprint density at radius 1 is 1.55 bits per heavy atom. The fourth-order valence-electron chi connectivity index (χ4n) is 2.35. The number of hydrogen-bond donors (Lipinski definition) is 1. The molecule has 0 aliphatic rings. The molecule has 0 saturated carbocycles. The molecule has 0 bridgehead atoms. The Hall–Kier alpha value is -2.13. The molecule has 5 nitrogen and oxygen atoms in total. The van der Waals surface area contributed by atoms with Gasteiger partial charge in [0.25, 0.3) is 5.56 Å². The molecule has 0 spiro atoms.